The van der Waals surface area contributed by atoms with E-state index in [0.717, 1.165) is 6.54 Å². The predicted molar refractivity (Wildman–Crippen MR) is 57.3 cm³/mol. The summed E-state index contributed by atoms with van der Waals surface area (Å²) >= 11 is 0. The molecule has 82 valence electrons. The summed E-state index contributed by atoms with van der Waals surface area (Å²) < 4.78 is 0. The second-order valence-corrected chi connectivity index (χ2v) is 4.74. The molecule has 0 saturated carbocycles. The van der Waals surface area contributed by atoms with Crippen molar-refractivity contribution >= 4 is 0 Å². The van der Waals surface area contributed by atoms with Gasteiger partial charge in [-0.1, -0.05) is 6.42 Å². The molecule has 3 heteroatoms. The molecule has 2 aliphatic heterocycles. The lowest BCUT2D eigenvalue weighted by Gasteiger charge is -2.28. The quantitative estimate of drug-likeness (QED) is 0.691. The van der Waals surface area contributed by atoms with Crippen molar-refractivity contribution in [1.29, 1.82) is 0 Å². The number of aliphatic hydroxyl groups excluding tert-OH is 1. The highest BCUT2D eigenvalue weighted by atomic mass is 16.3. The first kappa shape index (κ1) is 10.4. The molecule has 2 rings (SSSR count). The zero-order valence-electron chi connectivity index (χ0n) is 8.91. The van der Waals surface area contributed by atoms with E-state index < -0.39 is 0 Å². The summed E-state index contributed by atoms with van der Waals surface area (Å²) in [5.74, 6) is 0.540. The molecule has 0 aromatic heterocycles. The standard InChI is InChI=1S/C11H22N2O/c14-9-10-4-6-13(7-10)8-11-3-1-2-5-12-11/h10-12,14H,1-9H2. The second kappa shape index (κ2) is 5.10. The van der Waals surface area contributed by atoms with Gasteiger partial charge < -0.3 is 15.3 Å². The molecular weight excluding hydrogens is 176 g/mol. The SMILES string of the molecule is OCC1CCN(CC2CCCCN2)C1. The van der Waals surface area contributed by atoms with Crippen LogP contribution in [0.1, 0.15) is 25.7 Å². The maximum absolute atomic E-state index is 9.05. The minimum atomic E-state index is 0.370. The first-order chi connectivity index (χ1) is 6.88. The highest BCUT2D eigenvalue weighted by molar-refractivity contribution is 4.81. The van der Waals surface area contributed by atoms with Gasteiger partial charge in [0.15, 0.2) is 0 Å². The monoisotopic (exact) mass is 198 g/mol. The Kier molecular flexibility index (Phi) is 3.79. The van der Waals surface area contributed by atoms with Crippen LogP contribution in [-0.2, 0) is 0 Å². The maximum atomic E-state index is 9.05. The number of piperidine rings is 1. The Morgan fingerprint density at radius 1 is 1.29 bits per heavy atom. The van der Waals surface area contributed by atoms with Gasteiger partial charge in [-0.05, 0) is 38.3 Å². The predicted octanol–water partition coefficient (Wildman–Crippen LogP) is 0.443. The van der Waals surface area contributed by atoms with Crippen molar-refractivity contribution in [2.75, 3.05) is 32.8 Å². The first-order valence-corrected chi connectivity index (χ1v) is 5.95. The molecule has 0 spiro atoms. The molecule has 3 nitrogen and oxygen atoms in total. The van der Waals surface area contributed by atoms with Crippen molar-refractivity contribution in [3.05, 3.63) is 0 Å². The molecule has 0 bridgehead atoms. The molecule has 2 saturated heterocycles. The molecule has 0 aromatic rings. The first-order valence-electron chi connectivity index (χ1n) is 5.95. The Morgan fingerprint density at radius 3 is 2.86 bits per heavy atom. The molecule has 2 atom stereocenters. The lowest BCUT2D eigenvalue weighted by Crippen LogP contribution is -2.43. The normalized spacial score (nSPS) is 34.9. The van der Waals surface area contributed by atoms with Crippen LogP contribution in [0, 0.1) is 5.92 Å². The van der Waals surface area contributed by atoms with Gasteiger partial charge in [-0.2, -0.15) is 0 Å². The van der Waals surface area contributed by atoms with Crippen LogP contribution >= 0.6 is 0 Å². The fourth-order valence-corrected chi connectivity index (χ4v) is 2.62. The average Bonchev–Trinajstić information content (AvgIpc) is 2.67. The van der Waals surface area contributed by atoms with Crippen LogP contribution in [0.25, 0.3) is 0 Å². The molecule has 2 heterocycles. The summed E-state index contributed by atoms with van der Waals surface area (Å²) in [6.07, 6.45) is 5.24. The van der Waals surface area contributed by atoms with Crippen LogP contribution in [-0.4, -0.2) is 48.8 Å². The molecule has 0 amide bonds. The second-order valence-electron chi connectivity index (χ2n) is 4.74. The Labute approximate surface area is 86.5 Å². The third kappa shape index (κ3) is 2.69. The molecule has 0 aliphatic carbocycles. The fraction of sp³-hybridized carbons (Fsp3) is 1.00. The number of likely N-dealkylation sites (tertiary alicyclic amines) is 1. The van der Waals surface area contributed by atoms with Gasteiger partial charge in [0.05, 0.1) is 0 Å². The molecule has 2 unspecified atom stereocenters. The smallest absolute Gasteiger partial charge is 0.0471 e. The Hall–Kier alpha value is -0.120. The van der Waals surface area contributed by atoms with Crippen molar-refractivity contribution in [3.8, 4) is 0 Å². The molecule has 2 N–H and O–H groups in total. The third-order valence-electron chi connectivity index (χ3n) is 3.52. The molecule has 2 aliphatic rings. The van der Waals surface area contributed by atoms with Crippen molar-refractivity contribution in [1.82, 2.24) is 10.2 Å². The number of nitrogens with zero attached hydrogens (tertiary/aromatic N) is 1. The van der Waals surface area contributed by atoms with Crippen molar-refractivity contribution in [2.45, 2.75) is 31.7 Å². The van der Waals surface area contributed by atoms with E-state index >= 15 is 0 Å². The van der Waals surface area contributed by atoms with Crippen molar-refractivity contribution < 1.29 is 5.11 Å². The van der Waals surface area contributed by atoms with Crippen LogP contribution < -0.4 is 5.32 Å². The van der Waals surface area contributed by atoms with Gasteiger partial charge in [0, 0.05) is 25.7 Å². The van der Waals surface area contributed by atoms with Gasteiger partial charge in [0.25, 0.3) is 0 Å². The highest BCUT2D eigenvalue weighted by Crippen LogP contribution is 2.17. The van der Waals surface area contributed by atoms with Crippen LogP contribution in [0.2, 0.25) is 0 Å². The van der Waals surface area contributed by atoms with E-state index in [-0.39, 0.29) is 0 Å². The minimum Gasteiger partial charge on any atom is -0.396 e. The highest BCUT2D eigenvalue weighted by Gasteiger charge is 2.24. The number of nitrogens with one attached hydrogen (secondary N) is 1. The van der Waals surface area contributed by atoms with E-state index in [1.165, 1.54) is 45.3 Å². The molecule has 0 aromatic carbocycles. The number of aliphatic hydroxyl groups is 1. The summed E-state index contributed by atoms with van der Waals surface area (Å²) in [6.45, 7) is 5.05. The van der Waals surface area contributed by atoms with E-state index in [2.05, 4.69) is 10.2 Å². The largest absolute Gasteiger partial charge is 0.396 e. The van der Waals surface area contributed by atoms with E-state index in [0.29, 0.717) is 18.6 Å². The van der Waals surface area contributed by atoms with E-state index in [1.54, 1.807) is 0 Å². The molecular formula is C11H22N2O. The molecule has 14 heavy (non-hydrogen) atoms. The summed E-state index contributed by atoms with van der Waals surface area (Å²) in [5, 5.41) is 12.6. The van der Waals surface area contributed by atoms with E-state index in [9.17, 15) is 0 Å². The lowest BCUT2D eigenvalue weighted by atomic mass is 10.0. The van der Waals surface area contributed by atoms with Crippen LogP contribution in [0.15, 0.2) is 0 Å². The van der Waals surface area contributed by atoms with Crippen LogP contribution in [0.5, 0.6) is 0 Å². The topological polar surface area (TPSA) is 35.5 Å². The Balaban J connectivity index is 1.69. The van der Waals surface area contributed by atoms with E-state index in [4.69, 9.17) is 5.11 Å². The zero-order valence-corrected chi connectivity index (χ0v) is 8.91. The Morgan fingerprint density at radius 2 is 2.21 bits per heavy atom. The summed E-state index contributed by atoms with van der Waals surface area (Å²) in [7, 11) is 0. The fourth-order valence-electron chi connectivity index (χ4n) is 2.62. The van der Waals surface area contributed by atoms with Gasteiger partial charge >= 0.3 is 0 Å². The van der Waals surface area contributed by atoms with Gasteiger partial charge in [0.2, 0.25) is 0 Å². The van der Waals surface area contributed by atoms with Gasteiger partial charge in [-0.15, -0.1) is 0 Å². The van der Waals surface area contributed by atoms with Crippen LogP contribution in [0.4, 0.5) is 0 Å². The third-order valence-corrected chi connectivity index (χ3v) is 3.52. The van der Waals surface area contributed by atoms with Crippen LogP contribution in [0.3, 0.4) is 0 Å². The van der Waals surface area contributed by atoms with Gasteiger partial charge in [-0.3, -0.25) is 0 Å². The lowest BCUT2D eigenvalue weighted by molar-refractivity contribution is 0.211. The molecule has 0 radical (unpaired) electrons. The summed E-state index contributed by atoms with van der Waals surface area (Å²) in [4.78, 5) is 2.50. The summed E-state index contributed by atoms with van der Waals surface area (Å²) in [6, 6.07) is 0.709. The minimum absolute atomic E-state index is 0.370. The number of hydrogen-bond donors (Lipinski definition) is 2. The Bertz CT molecular complexity index is 169. The number of hydrogen-bond acceptors (Lipinski definition) is 3. The van der Waals surface area contributed by atoms with E-state index in [1.807, 2.05) is 0 Å². The number of rotatable bonds is 3. The van der Waals surface area contributed by atoms with Crippen molar-refractivity contribution in [3.63, 3.8) is 0 Å². The van der Waals surface area contributed by atoms with Gasteiger partial charge in [0.1, 0.15) is 0 Å². The molecule has 2 fully saturated rings. The van der Waals surface area contributed by atoms with Gasteiger partial charge in [-0.25, -0.2) is 0 Å². The zero-order chi connectivity index (χ0) is 9.80. The average molecular weight is 198 g/mol. The van der Waals surface area contributed by atoms with Crippen molar-refractivity contribution in [2.24, 2.45) is 5.92 Å². The summed E-state index contributed by atoms with van der Waals surface area (Å²) in [5.41, 5.74) is 0. The maximum Gasteiger partial charge on any atom is 0.0471 e.